The summed E-state index contributed by atoms with van der Waals surface area (Å²) in [6.45, 7) is 9.47. The minimum absolute atomic E-state index is 0.0645. The molecule has 1 amide bonds. The van der Waals surface area contributed by atoms with Crippen molar-refractivity contribution in [3.05, 3.63) is 97.8 Å². The zero-order valence-corrected chi connectivity index (χ0v) is 28.6. The van der Waals surface area contributed by atoms with E-state index in [0.717, 1.165) is 32.3 Å². The van der Waals surface area contributed by atoms with Gasteiger partial charge in [0.25, 0.3) is 17.9 Å². The van der Waals surface area contributed by atoms with E-state index in [1.807, 2.05) is 45.1 Å². The van der Waals surface area contributed by atoms with Gasteiger partial charge >= 0.3 is 5.69 Å². The van der Waals surface area contributed by atoms with Gasteiger partial charge in [0.1, 0.15) is 5.75 Å². The lowest BCUT2D eigenvalue weighted by Crippen LogP contribution is -2.41. The zero-order valence-electron chi connectivity index (χ0n) is 28.6. The van der Waals surface area contributed by atoms with Crippen molar-refractivity contribution in [2.45, 2.75) is 65.0 Å². The van der Waals surface area contributed by atoms with Gasteiger partial charge in [-0.25, -0.2) is 9.36 Å². The van der Waals surface area contributed by atoms with E-state index in [9.17, 15) is 19.5 Å². The number of para-hydroxylation sites is 1. The number of amides is 1. The maximum Gasteiger partial charge on any atom is 0.335 e. The molecule has 2 heterocycles. The summed E-state index contributed by atoms with van der Waals surface area (Å²) in [5.74, 6) is -0.411. The molecule has 0 radical (unpaired) electrons. The van der Waals surface area contributed by atoms with E-state index in [1.54, 1.807) is 37.4 Å². The molecule has 0 saturated carbocycles. The second-order valence-electron chi connectivity index (χ2n) is 11.1. The standard InChI is InChI=1S/C32H38N4O5.C2H6.CH2O2.CH4O/c1-22(33-30(38)27-7-3-4-8-29(27)37)21-23-9-11-24(12-10-23)36-31(39)26-15-13-25(14-16-28(26)34(2)32(36)40)41-20-19-35-17-5-6-18-35;1-2;2-1-3;1-2/h3-4,7-12,14,16,22,25,37H,5-6,13,15,17-21H2,1-2H3,(H,33,38);1-2H3;1H,(H,2,3);2H,1H3. The molecule has 1 fully saturated rings. The number of aromatic nitrogens is 2. The van der Waals surface area contributed by atoms with Crippen molar-refractivity contribution in [2.75, 3.05) is 33.4 Å². The fraction of sp³-hybridized carbons (Fsp3) is 0.444. The van der Waals surface area contributed by atoms with Crippen LogP contribution in [0.3, 0.4) is 0 Å². The van der Waals surface area contributed by atoms with E-state index in [0.29, 0.717) is 42.8 Å². The summed E-state index contributed by atoms with van der Waals surface area (Å²) in [4.78, 5) is 50.2. The number of phenolic OH excluding ortho intramolecular Hbond substituents is 1. The van der Waals surface area contributed by atoms with Crippen LogP contribution >= 0.6 is 0 Å². The third-order valence-corrected chi connectivity index (χ3v) is 7.96. The number of aromatic hydroxyl groups is 1. The quantitative estimate of drug-likeness (QED) is 0.251. The Bertz CT molecular complexity index is 1590. The molecule has 2 unspecified atom stereocenters. The number of carboxylic acid groups (broad SMARTS) is 1. The largest absolute Gasteiger partial charge is 0.507 e. The SMILES string of the molecule is CC.CC(Cc1ccc(-n2c(=O)c3c(n(C)c2=O)C=CC(OCCN2CCCC2)CC3)cc1)NC(=O)c1ccccc1O.CO.O=CO. The highest BCUT2D eigenvalue weighted by atomic mass is 16.5. The smallest absolute Gasteiger partial charge is 0.335 e. The molecule has 1 aromatic heterocycles. The second-order valence-corrected chi connectivity index (χ2v) is 11.1. The lowest BCUT2D eigenvalue weighted by atomic mass is 10.1. The van der Waals surface area contributed by atoms with Crippen LogP contribution in [0.1, 0.15) is 67.2 Å². The number of hydrogen-bond acceptors (Lipinski definition) is 8. The number of nitrogens with zero attached hydrogens (tertiary/aromatic N) is 3. The number of aliphatic hydroxyl groups is 1. The van der Waals surface area contributed by atoms with Gasteiger partial charge < -0.3 is 30.3 Å². The van der Waals surface area contributed by atoms with E-state index in [1.165, 1.54) is 28.0 Å². The number of benzene rings is 2. The topological polar surface area (TPSA) is 163 Å². The van der Waals surface area contributed by atoms with Gasteiger partial charge in [0.05, 0.1) is 29.7 Å². The Morgan fingerprint density at radius 1 is 1.06 bits per heavy atom. The minimum Gasteiger partial charge on any atom is -0.507 e. The van der Waals surface area contributed by atoms with Crippen LogP contribution in [0.25, 0.3) is 11.8 Å². The molecule has 2 aliphatic rings. The Kier molecular flexibility index (Phi) is 17.1. The van der Waals surface area contributed by atoms with Gasteiger partial charge in [0, 0.05) is 32.3 Å². The molecule has 262 valence electrons. The number of aliphatic hydroxyl groups excluding tert-OH is 1. The molecular weight excluding hydrogens is 616 g/mol. The highest BCUT2D eigenvalue weighted by molar-refractivity contribution is 5.96. The van der Waals surface area contributed by atoms with Crippen molar-refractivity contribution in [2.24, 2.45) is 7.05 Å². The summed E-state index contributed by atoms with van der Waals surface area (Å²) in [5, 5.41) is 26.7. The Morgan fingerprint density at radius 2 is 1.69 bits per heavy atom. The Morgan fingerprint density at radius 3 is 2.31 bits per heavy atom. The molecule has 4 N–H and O–H groups in total. The maximum atomic E-state index is 13.6. The first kappa shape index (κ1) is 39.7. The molecule has 12 nitrogen and oxygen atoms in total. The van der Waals surface area contributed by atoms with Crippen LogP contribution < -0.4 is 16.6 Å². The normalized spacial score (nSPS) is 15.6. The molecule has 3 aromatic rings. The average molecular weight is 667 g/mol. The molecule has 12 heteroatoms. The fourth-order valence-electron chi connectivity index (χ4n) is 5.67. The highest BCUT2D eigenvalue weighted by Crippen LogP contribution is 2.19. The molecule has 1 aliphatic heterocycles. The maximum absolute atomic E-state index is 13.6. The van der Waals surface area contributed by atoms with Crippen LogP contribution in [-0.4, -0.2) is 87.2 Å². The van der Waals surface area contributed by atoms with Crippen molar-refractivity contribution < 1.29 is 29.6 Å². The number of phenols is 1. The number of nitrogens with one attached hydrogen (secondary N) is 1. The molecule has 0 spiro atoms. The highest BCUT2D eigenvalue weighted by Gasteiger charge is 2.22. The number of rotatable bonds is 9. The van der Waals surface area contributed by atoms with Crippen molar-refractivity contribution in [3.8, 4) is 11.4 Å². The van der Waals surface area contributed by atoms with E-state index >= 15 is 0 Å². The van der Waals surface area contributed by atoms with E-state index in [-0.39, 0.29) is 41.4 Å². The molecule has 5 rings (SSSR count). The predicted octanol–water partition coefficient (Wildman–Crippen LogP) is 3.38. The number of ether oxygens (including phenoxy) is 1. The van der Waals surface area contributed by atoms with Crippen LogP contribution in [-0.2, 0) is 29.4 Å². The summed E-state index contributed by atoms with van der Waals surface area (Å²) in [6, 6.07) is 13.5. The third kappa shape index (κ3) is 10.8. The van der Waals surface area contributed by atoms with Gasteiger partial charge in [-0.1, -0.05) is 44.2 Å². The number of likely N-dealkylation sites (tertiary alicyclic amines) is 1. The van der Waals surface area contributed by atoms with Gasteiger partial charge in [-0.05, 0) is 88.0 Å². The number of carbonyl (C=O) groups is 2. The molecule has 48 heavy (non-hydrogen) atoms. The fourth-order valence-corrected chi connectivity index (χ4v) is 5.67. The Labute approximate surface area is 281 Å². The van der Waals surface area contributed by atoms with Crippen molar-refractivity contribution >= 4 is 18.5 Å². The lowest BCUT2D eigenvalue weighted by molar-refractivity contribution is -0.122. The monoisotopic (exact) mass is 666 g/mol. The van der Waals surface area contributed by atoms with Crippen LogP contribution in [0, 0.1) is 0 Å². The van der Waals surface area contributed by atoms with Crippen molar-refractivity contribution in [1.82, 2.24) is 19.4 Å². The Hall–Kier alpha value is -4.52. The van der Waals surface area contributed by atoms with Crippen molar-refractivity contribution in [3.63, 3.8) is 0 Å². The summed E-state index contributed by atoms with van der Waals surface area (Å²) in [7, 11) is 2.69. The molecule has 1 saturated heterocycles. The van der Waals surface area contributed by atoms with Gasteiger partial charge in [0.15, 0.2) is 0 Å². The van der Waals surface area contributed by atoms with Gasteiger partial charge in [-0.15, -0.1) is 0 Å². The summed E-state index contributed by atoms with van der Waals surface area (Å²) >= 11 is 0. The first-order chi connectivity index (χ1) is 23.2. The third-order valence-electron chi connectivity index (χ3n) is 7.96. The summed E-state index contributed by atoms with van der Waals surface area (Å²) < 4.78 is 8.88. The summed E-state index contributed by atoms with van der Waals surface area (Å²) in [6.07, 6.45) is 7.97. The summed E-state index contributed by atoms with van der Waals surface area (Å²) in [5.41, 5.74) is 2.20. The average Bonchev–Trinajstić information content (AvgIpc) is 3.52. The molecular formula is C36H50N4O8. The number of hydrogen-bond donors (Lipinski definition) is 4. The van der Waals surface area contributed by atoms with E-state index in [4.69, 9.17) is 19.7 Å². The first-order valence-electron chi connectivity index (χ1n) is 16.3. The van der Waals surface area contributed by atoms with Crippen molar-refractivity contribution in [1.29, 1.82) is 0 Å². The minimum atomic E-state index is -0.400. The predicted molar refractivity (Wildman–Crippen MR) is 187 cm³/mol. The first-order valence-corrected chi connectivity index (χ1v) is 16.3. The van der Waals surface area contributed by atoms with Gasteiger partial charge in [0.2, 0.25) is 0 Å². The van der Waals surface area contributed by atoms with E-state index < -0.39 is 5.69 Å². The van der Waals surface area contributed by atoms with Gasteiger partial charge in [-0.3, -0.25) is 19.0 Å². The van der Waals surface area contributed by atoms with Crippen LogP contribution in [0.2, 0.25) is 0 Å². The lowest BCUT2D eigenvalue weighted by Gasteiger charge is -2.17. The molecule has 2 aromatic carbocycles. The number of carbonyl (C=O) groups excluding carboxylic acids is 1. The molecule has 2 atom stereocenters. The van der Waals surface area contributed by atoms with Crippen LogP contribution in [0.15, 0.2) is 64.2 Å². The molecule has 0 bridgehead atoms. The molecule has 1 aliphatic carbocycles. The van der Waals surface area contributed by atoms with E-state index in [2.05, 4.69) is 10.2 Å². The van der Waals surface area contributed by atoms with Crippen LogP contribution in [0.4, 0.5) is 0 Å². The van der Waals surface area contributed by atoms with Gasteiger partial charge in [-0.2, -0.15) is 0 Å². The second kappa shape index (κ2) is 20.7. The number of fused-ring (bicyclic) bond motifs is 1. The Balaban J connectivity index is 0.00000106. The zero-order chi connectivity index (χ0) is 35.6. The van der Waals surface area contributed by atoms with Crippen LogP contribution in [0.5, 0.6) is 5.75 Å².